The van der Waals surface area contributed by atoms with Crippen LogP contribution in [0.2, 0.25) is 0 Å². The monoisotopic (exact) mass is 399 g/mol. The van der Waals surface area contributed by atoms with Crippen molar-refractivity contribution in [3.63, 3.8) is 0 Å². The lowest BCUT2D eigenvalue weighted by Crippen LogP contribution is -2.38. The third-order valence-electron chi connectivity index (χ3n) is 5.93. The van der Waals surface area contributed by atoms with Gasteiger partial charge in [-0.3, -0.25) is 4.79 Å². The Hall–Kier alpha value is -2.41. The van der Waals surface area contributed by atoms with Gasteiger partial charge in [-0.25, -0.2) is 4.98 Å². The minimum absolute atomic E-state index is 0.106. The molecule has 7 heteroatoms. The zero-order chi connectivity index (χ0) is 20.1. The van der Waals surface area contributed by atoms with Crippen molar-refractivity contribution in [1.29, 1.82) is 0 Å². The molecule has 1 aliphatic carbocycles. The van der Waals surface area contributed by atoms with Crippen molar-refractivity contribution in [2.24, 2.45) is 0 Å². The number of aryl methyl sites for hydroxylation is 1. The second kappa shape index (κ2) is 9.39. The predicted octanol–water partition coefficient (Wildman–Crippen LogP) is 3.91. The Morgan fingerprint density at radius 1 is 1.17 bits per heavy atom. The number of carbonyl (C=O) groups is 1. The molecule has 2 aromatic rings. The fraction of sp³-hybridized carbons (Fsp3) is 0.591. The van der Waals surface area contributed by atoms with Crippen LogP contribution in [-0.4, -0.2) is 35.3 Å². The summed E-state index contributed by atoms with van der Waals surface area (Å²) in [7, 11) is 0. The summed E-state index contributed by atoms with van der Waals surface area (Å²) in [6.45, 7) is 3.69. The van der Waals surface area contributed by atoms with Crippen molar-refractivity contribution >= 4 is 5.91 Å². The van der Waals surface area contributed by atoms with Crippen LogP contribution in [0.15, 0.2) is 22.9 Å². The molecule has 1 saturated carbocycles. The van der Waals surface area contributed by atoms with E-state index >= 15 is 0 Å². The highest BCUT2D eigenvalue weighted by molar-refractivity contribution is 5.94. The van der Waals surface area contributed by atoms with Gasteiger partial charge >= 0.3 is 0 Å². The minimum atomic E-state index is -0.106. The van der Waals surface area contributed by atoms with Crippen molar-refractivity contribution in [1.82, 2.24) is 15.5 Å². The summed E-state index contributed by atoms with van der Waals surface area (Å²) < 4.78 is 16.7. The Morgan fingerprint density at radius 2 is 1.97 bits per heavy atom. The van der Waals surface area contributed by atoms with E-state index in [0.717, 1.165) is 42.7 Å². The Bertz CT molecular complexity index is 806. The van der Waals surface area contributed by atoms with E-state index in [0.29, 0.717) is 37.2 Å². The van der Waals surface area contributed by atoms with E-state index in [9.17, 15) is 4.79 Å². The Balaban J connectivity index is 1.35. The topological polar surface area (TPSA) is 86.5 Å². The molecule has 0 atom stereocenters. The number of pyridine rings is 1. The zero-order valence-electron chi connectivity index (χ0n) is 17.0. The van der Waals surface area contributed by atoms with Crippen molar-refractivity contribution in [2.45, 2.75) is 70.4 Å². The number of rotatable bonds is 6. The molecule has 1 N–H and O–H groups in total. The van der Waals surface area contributed by atoms with Gasteiger partial charge in [0.05, 0.1) is 16.8 Å². The maximum absolute atomic E-state index is 12.4. The summed E-state index contributed by atoms with van der Waals surface area (Å²) >= 11 is 0. The molecular formula is C22H29N3O4. The van der Waals surface area contributed by atoms with E-state index in [1.807, 2.05) is 6.92 Å². The molecule has 1 saturated heterocycles. The van der Waals surface area contributed by atoms with Crippen LogP contribution in [0, 0.1) is 6.92 Å². The Morgan fingerprint density at radius 3 is 2.69 bits per heavy atom. The largest absolute Gasteiger partial charge is 0.473 e. The average molecular weight is 399 g/mol. The Labute approximate surface area is 171 Å². The Kier molecular flexibility index (Phi) is 6.44. The number of hydrogen-bond acceptors (Lipinski definition) is 6. The molecule has 2 aromatic heterocycles. The van der Waals surface area contributed by atoms with Crippen LogP contribution < -0.4 is 10.1 Å². The van der Waals surface area contributed by atoms with Crippen molar-refractivity contribution in [3.05, 3.63) is 40.9 Å². The zero-order valence-corrected chi connectivity index (χ0v) is 17.0. The van der Waals surface area contributed by atoms with E-state index in [4.69, 9.17) is 14.0 Å². The fourth-order valence-corrected chi connectivity index (χ4v) is 4.14. The normalized spacial score (nSPS) is 18.5. The number of ether oxygens (including phenoxy) is 2. The average Bonchev–Trinajstić information content (AvgIpc) is 3.14. The first-order valence-corrected chi connectivity index (χ1v) is 10.6. The molecule has 0 aromatic carbocycles. The van der Waals surface area contributed by atoms with Gasteiger partial charge in [-0.05, 0) is 38.7 Å². The molecule has 29 heavy (non-hydrogen) atoms. The van der Waals surface area contributed by atoms with Crippen molar-refractivity contribution in [3.8, 4) is 5.88 Å². The smallest absolute Gasteiger partial charge is 0.253 e. The second-order valence-corrected chi connectivity index (χ2v) is 7.97. The highest BCUT2D eigenvalue weighted by Gasteiger charge is 2.24. The van der Waals surface area contributed by atoms with Crippen LogP contribution in [-0.2, 0) is 11.3 Å². The molecule has 0 bridgehead atoms. The highest BCUT2D eigenvalue weighted by atomic mass is 16.5. The van der Waals surface area contributed by atoms with Crippen LogP contribution in [0.25, 0.3) is 0 Å². The summed E-state index contributed by atoms with van der Waals surface area (Å²) in [5.41, 5.74) is 2.60. The van der Waals surface area contributed by atoms with Gasteiger partial charge in [-0.2, -0.15) is 0 Å². The van der Waals surface area contributed by atoms with E-state index in [1.165, 1.54) is 19.3 Å². The SMILES string of the molecule is Cc1onc(C2CCCCC2)c1COc1ccc(C(=O)NC2CCOCC2)cn1. The van der Waals surface area contributed by atoms with Gasteiger partial charge in [0.2, 0.25) is 5.88 Å². The first-order chi connectivity index (χ1) is 14.2. The molecule has 7 nitrogen and oxygen atoms in total. The lowest BCUT2D eigenvalue weighted by molar-refractivity contribution is 0.0696. The summed E-state index contributed by atoms with van der Waals surface area (Å²) in [6.07, 6.45) is 9.38. The number of hydrogen-bond donors (Lipinski definition) is 1. The molecule has 1 aliphatic heterocycles. The standard InChI is InChI=1S/C22H29N3O4/c1-15-19(21(25-29-15)16-5-3-2-4-6-16)14-28-20-8-7-17(13-23-20)22(26)24-18-9-11-27-12-10-18/h7-8,13,16,18H,2-6,9-12,14H2,1H3,(H,24,26). The van der Waals surface area contributed by atoms with E-state index in [-0.39, 0.29) is 11.9 Å². The molecule has 3 heterocycles. The van der Waals surface area contributed by atoms with Gasteiger partial charge < -0.3 is 19.3 Å². The number of carbonyl (C=O) groups excluding carboxylic acids is 1. The van der Waals surface area contributed by atoms with E-state index in [1.54, 1.807) is 18.3 Å². The maximum atomic E-state index is 12.4. The first-order valence-electron chi connectivity index (χ1n) is 10.6. The summed E-state index contributed by atoms with van der Waals surface area (Å²) in [5.74, 6) is 1.65. The summed E-state index contributed by atoms with van der Waals surface area (Å²) in [4.78, 5) is 16.7. The van der Waals surface area contributed by atoms with Crippen LogP contribution in [0.3, 0.4) is 0 Å². The molecule has 156 valence electrons. The van der Waals surface area contributed by atoms with Crippen LogP contribution in [0.4, 0.5) is 0 Å². The third-order valence-corrected chi connectivity index (χ3v) is 5.93. The quantitative estimate of drug-likeness (QED) is 0.792. The molecule has 4 rings (SSSR count). The maximum Gasteiger partial charge on any atom is 0.253 e. The molecule has 0 unspecified atom stereocenters. The number of nitrogens with zero attached hydrogens (tertiary/aromatic N) is 2. The van der Waals surface area contributed by atoms with Crippen LogP contribution in [0.5, 0.6) is 5.88 Å². The number of aromatic nitrogens is 2. The lowest BCUT2D eigenvalue weighted by Gasteiger charge is -2.23. The van der Waals surface area contributed by atoms with E-state index in [2.05, 4.69) is 15.5 Å². The lowest BCUT2D eigenvalue weighted by atomic mass is 9.85. The predicted molar refractivity (Wildman–Crippen MR) is 107 cm³/mol. The van der Waals surface area contributed by atoms with Gasteiger partial charge in [-0.1, -0.05) is 24.4 Å². The molecule has 2 fully saturated rings. The van der Waals surface area contributed by atoms with Gasteiger partial charge in [0, 0.05) is 37.4 Å². The van der Waals surface area contributed by atoms with Gasteiger partial charge in [-0.15, -0.1) is 0 Å². The minimum Gasteiger partial charge on any atom is -0.473 e. The van der Waals surface area contributed by atoms with Gasteiger partial charge in [0.15, 0.2) is 0 Å². The summed E-state index contributed by atoms with van der Waals surface area (Å²) in [5, 5.41) is 7.35. The molecule has 2 aliphatic rings. The molecular weight excluding hydrogens is 370 g/mol. The second-order valence-electron chi connectivity index (χ2n) is 7.97. The van der Waals surface area contributed by atoms with Gasteiger partial charge in [0.25, 0.3) is 5.91 Å². The number of nitrogens with one attached hydrogen (secondary N) is 1. The van der Waals surface area contributed by atoms with Crippen LogP contribution in [0.1, 0.15) is 78.2 Å². The number of amides is 1. The van der Waals surface area contributed by atoms with Crippen LogP contribution >= 0.6 is 0 Å². The molecule has 0 spiro atoms. The first kappa shape index (κ1) is 19.9. The molecule has 1 amide bonds. The third kappa shape index (κ3) is 4.96. The van der Waals surface area contributed by atoms with Crippen molar-refractivity contribution in [2.75, 3.05) is 13.2 Å². The molecule has 0 radical (unpaired) electrons. The highest BCUT2D eigenvalue weighted by Crippen LogP contribution is 2.35. The van der Waals surface area contributed by atoms with Gasteiger partial charge in [0.1, 0.15) is 12.4 Å². The fourth-order valence-electron chi connectivity index (χ4n) is 4.14. The van der Waals surface area contributed by atoms with E-state index < -0.39 is 0 Å². The summed E-state index contributed by atoms with van der Waals surface area (Å²) in [6, 6.07) is 3.66. The van der Waals surface area contributed by atoms with Crippen molar-refractivity contribution < 1.29 is 18.8 Å².